The fraction of sp³-hybridized carbons (Fsp3) is 0.0517. The highest BCUT2D eigenvalue weighted by molar-refractivity contribution is 6.25. The lowest BCUT2D eigenvalue weighted by Gasteiger charge is -2.25. The van der Waals surface area contributed by atoms with Crippen molar-refractivity contribution in [1.29, 1.82) is 0 Å². The lowest BCUT2D eigenvalue weighted by Crippen LogP contribution is -2.16. The van der Waals surface area contributed by atoms with E-state index in [1.54, 1.807) is 0 Å². The van der Waals surface area contributed by atoms with E-state index in [2.05, 4.69) is 422 Å². The number of hydrogen-bond acceptors (Lipinski definition) is 1. The highest BCUT2D eigenvalue weighted by Crippen LogP contribution is 2.58. The summed E-state index contributed by atoms with van der Waals surface area (Å²) < 4.78 is 6.61. The van der Waals surface area contributed by atoms with E-state index in [4.69, 9.17) is 4.42 Å². The Morgan fingerprint density at radius 3 is 0.966 bits per heavy atom. The molecule has 22 aromatic rings. The first-order valence-electron chi connectivity index (χ1n) is 41.0. The molecule has 117 heavy (non-hydrogen) atoms. The molecule has 0 amide bonds. The predicted octanol–water partition coefficient (Wildman–Crippen LogP) is 32.4. The maximum absolute atomic E-state index is 6.61. The Balaban J connectivity index is 0.000000138. The summed E-state index contributed by atoms with van der Waals surface area (Å²) in [5.74, 6) is 0. The molecule has 548 valence electrons. The molecule has 0 unspecified atom stereocenters. The van der Waals surface area contributed by atoms with Crippen LogP contribution in [0.4, 0.5) is 0 Å². The Morgan fingerprint density at radius 1 is 0.171 bits per heavy atom. The van der Waals surface area contributed by atoms with Crippen molar-refractivity contribution in [3.05, 3.63) is 423 Å². The van der Waals surface area contributed by atoms with Crippen molar-refractivity contribution >= 4 is 108 Å². The van der Waals surface area contributed by atoms with Gasteiger partial charge in [-0.15, -0.1) is 0 Å². The molecular weight excluding hydrogens is 1410 g/mol. The zero-order valence-corrected chi connectivity index (χ0v) is 65.5. The molecule has 0 fully saturated rings. The lowest BCUT2D eigenvalue weighted by molar-refractivity contribution is 0.662. The van der Waals surface area contributed by atoms with Gasteiger partial charge in [0, 0.05) is 27.2 Å². The van der Waals surface area contributed by atoms with Gasteiger partial charge in [-0.25, -0.2) is 0 Å². The second-order valence-corrected chi connectivity index (χ2v) is 33.1. The summed E-state index contributed by atoms with van der Waals surface area (Å²) in [6.45, 7) is 9.59. The smallest absolute Gasteiger partial charge is 0.143 e. The van der Waals surface area contributed by atoms with E-state index in [1.807, 2.05) is 6.07 Å². The fourth-order valence-electron chi connectivity index (χ4n) is 21.0. The van der Waals surface area contributed by atoms with E-state index in [0.717, 1.165) is 33.1 Å². The molecular formula is C116H78O. The lowest BCUT2D eigenvalue weighted by atomic mass is 9.78. The summed E-state index contributed by atoms with van der Waals surface area (Å²) >= 11 is 0. The van der Waals surface area contributed by atoms with Gasteiger partial charge < -0.3 is 4.42 Å². The minimum Gasteiger partial charge on any atom is -0.455 e. The summed E-state index contributed by atoms with van der Waals surface area (Å²) in [7, 11) is 0. The van der Waals surface area contributed by atoms with Gasteiger partial charge in [-0.2, -0.15) is 0 Å². The van der Waals surface area contributed by atoms with E-state index >= 15 is 0 Å². The molecule has 2 aliphatic rings. The number of fused-ring (bicyclic) bond motifs is 20. The maximum Gasteiger partial charge on any atom is 0.143 e. The van der Waals surface area contributed by atoms with E-state index in [-0.39, 0.29) is 10.8 Å². The predicted molar refractivity (Wildman–Crippen MR) is 499 cm³/mol. The number of para-hydroxylation sites is 2. The molecule has 2 aliphatic carbocycles. The first-order valence-corrected chi connectivity index (χ1v) is 41.0. The van der Waals surface area contributed by atoms with Crippen LogP contribution in [0.5, 0.6) is 0 Å². The van der Waals surface area contributed by atoms with Gasteiger partial charge in [0.1, 0.15) is 11.2 Å². The fourth-order valence-corrected chi connectivity index (χ4v) is 21.0. The molecule has 24 rings (SSSR count). The van der Waals surface area contributed by atoms with Gasteiger partial charge in [0.15, 0.2) is 0 Å². The van der Waals surface area contributed by atoms with Crippen LogP contribution in [0, 0.1) is 0 Å². The molecule has 21 aromatic carbocycles. The number of hydrogen-bond donors (Lipinski definition) is 0. The number of furan rings is 1. The summed E-state index contributed by atoms with van der Waals surface area (Å²) in [4.78, 5) is 0. The molecule has 0 aliphatic heterocycles. The third-order valence-corrected chi connectivity index (χ3v) is 26.0. The number of benzene rings is 21. The average Bonchev–Trinajstić information content (AvgIpc) is 1.61. The SMILES string of the molecule is CC1(C)c2ccc3ccccc3c2-c2cccc(-c3cccc(-c4c5ccccc5c(-c5cccc(-c6cc7ccccc7c7ccccc67)c5)c5ccccc45)c3)c21.CC1(C)c2ccc3ccccc3c2-c2cccc(-c3cccc(-c4c5ccccc5c(-c5ccccc5-c5cccc6c5oc5ccccc56)c5ccccc45)c3)c21. The topological polar surface area (TPSA) is 13.1 Å². The Bertz CT molecular complexity index is 7840. The molecule has 0 saturated heterocycles. The van der Waals surface area contributed by atoms with Crippen LogP contribution >= 0.6 is 0 Å². The van der Waals surface area contributed by atoms with Crippen LogP contribution in [0.3, 0.4) is 0 Å². The quantitative estimate of drug-likeness (QED) is 0.109. The minimum atomic E-state index is -0.150. The third-order valence-electron chi connectivity index (χ3n) is 26.0. The molecule has 0 N–H and O–H groups in total. The van der Waals surface area contributed by atoms with Gasteiger partial charge >= 0.3 is 0 Å². The third kappa shape index (κ3) is 10.5. The van der Waals surface area contributed by atoms with Crippen molar-refractivity contribution in [2.24, 2.45) is 0 Å². The summed E-state index contributed by atoms with van der Waals surface area (Å²) in [6.07, 6.45) is 0. The van der Waals surface area contributed by atoms with Crippen LogP contribution in [0.2, 0.25) is 0 Å². The Labute approximate surface area is 680 Å². The average molecular weight is 1490 g/mol. The first-order chi connectivity index (χ1) is 57.6. The molecule has 1 nitrogen and oxygen atoms in total. The van der Waals surface area contributed by atoms with Crippen LogP contribution in [0.15, 0.2) is 405 Å². The number of rotatable bonds is 8. The monoisotopic (exact) mass is 1490 g/mol. The van der Waals surface area contributed by atoms with Crippen molar-refractivity contribution in [3.63, 3.8) is 0 Å². The molecule has 1 heterocycles. The minimum absolute atomic E-state index is 0.143. The largest absolute Gasteiger partial charge is 0.455 e. The van der Waals surface area contributed by atoms with Crippen molar-refractivity contribution in [3.8, 4) is 111 Å². The molecule has 0 atom stereocenters. The van der Waals surface area contributed by atoms with Crippen molar-refractivity contribution in [2.75, 3.05) is 0 Å². The highest BCUT2D eigenvalue weighted by atomic mass is 16.3. The van der Waals surface area contributed by atoms with E-state index < -0.39 is 0 Å². The summed E-state index contributed by atoms with van der Waals surface area (Å²) in [6, 6.07) is 148. The first kappa shape index (κ1) is 68.1. The zero-order chi connectivity index (χ0) is 77.8. The normalized spacial score (nSPS) is 13.1. The van der Waals surface area contributed by atoms with Crippen molar-refractivity contribution in [2.45, 2.75) is 38.5 Å². The molecule has 0 radical (unpaired) electrons. The summed E-state index contributed by atoms with van der Waals surface area (Å²) in [5, 5.41) is 22.6. The van der Waals surface area contributed by atoms with Crippen LogP contribution in [0.25, 0.3) is 219 Å². The van der Waals surface area contributed by atoms with E-state index in [1.165, 1.54) is 209 Å². The Hall–Kier alpha value is -14.5. The molecule has 0 saturated carbocycles. The van der Waals surface area contributed by atoms with Crippen LogP contribution in [-0.2, 0) is 10.8 Å². The van der Waals surface area contributed by atoms with Crippen LogP contribution in [-0.4, -0.2) is 0 Å². The Kier molecular flexibility index (Phi) is 15.5. The second-order valence-electron chi connectivity index (χ2n) is 33.1. The molecule has 0 spiro atoms. The Morgan fingerprint density at radius 2 is 0.487 bits per heavy atom. The summed E-state index contributed by atoms with van der Waals surface area (Å²) in [5.41, 5.74) is 32.3. The highest BCUT2D eigenvalue weighted by Gasteiger charge is 2.40. The zero-order valence-electron chi connectivity index (χ0n) is 65.5. The second kappa shape index (κ2) is 26.6. The van der Waals surface area contributed by atoms with Gasteiger partial charge in [-0.3, -0.25) is 0 Å². The van der Waals surface area contributed by atoms with Gasteiger partial charge in [0.05, 0.1) is 0 Å². The van der Waals surface area contributed by atoms with Crippen LogP contribution < -0.4 is 0 Å². The van der Waals surface area contributed by atoms with Gasteiger partial charge in [-0.1, -0.05) is 398 Å². The molecule has 0 bridgehead atoms. The van der Waals surface area contributed by atoms with Gasteiger partial charge in [0.2, 0.25) is 0 Å². The van der Waals surface area contributed by atoms with Crippen molar-refractivity contribution < 1.29 is 4.42 Å². The maximum atomic E-state index is 6.61. The molecule has 1 aromatic heterocycles. The van der Waals surface area contributed by atoms with E-state index in [9.17, 15) is 0 Å². The molecule has 1 heteroatoms. The standard InChI is InChI=1S/C59H40.C57H38O/c1-59(2)54-33-32-37-16-3-6-23-44(37)57(54)52-31-15-30-45(58(52)59)38-18-13-20-41(34-38)55-48-26-9-11-28-50(48)56(51-29-12-10-27-49(51)55)42-21-14-19-39(35-42)53-36-40-17-4-5-22-43(40)46-24-7-8-25-47(46)53;1-57(2)50-33-32-35-16-3-4-19-38(35)54(50)49-30-14-27-39(55(49)57)36-17-13-18-37(34-36)52-43-23-7-9-25-45(43)53(46-26-10-8-24-44(46)52)42-22-6-5-20-40(42)47-28-15-29-48-41-21-11-12-31-51(41)58-56(47)48/h3-36H,1-2H3;3-34H,1-2H3. The van der Waals surface area contributed by atoms with Crippen molar-refractivity contribution in [1.82, 2.24) is 0 Å². The van der Waals surface area contributed by atoms with Gasteiger partial charge in [0.25, 0.3) is 0 Å². The van der Waals surface area contributed by atoms with Crippen LogP contribution in [0.1, 0.15) is 49.9 Å². The van der Waals surface area contributed by atoms with E-state index in [0.29, 0.717) is 0 Å². The van der Waals surface area contributed by atoms with Gasteiger partial charge in [-0.05, 0) is 244 Å².